The van der Waals surface area contributed by atoms with E-state index in [9.17, 15) is 4.79 Å². The number of carboxylic acid groups (broad SMARTS) is 1. The predicted molar refractivity (Wildman–Crippen MR) is 59.8 cm³/mol. The molecule has 0 atom stereocenters. The Balaban J connectivity index is 2.04. The maximum Gasteiger partial charge on any atom is 0.356 e. The lowest BCUT2D eigenvalue weighted by molar-refractivity contribution is 0.0688. The van der Waals surface area contributed by atoms with Crippen molar-refractivity contribution in [3.8, 4) is 5.88 Å². The number of hydrogen-bond donors (Lipinski definition) is 1. The van der Waals surface area contributed by atoms with Crippen molar-refractivity contribution in [2.75, 3.05) is 0 Å². The fraction of sp³-hybridized carbons (Fsp3) is 0.0833. The van der Waals surface area contributed by atoms with Gasteiger partial charge in [0.15, 0.2) is 5.69 Å². The maximum atomic E-state index is 10.7. The molecule has 17 heavy (non-hydrogen) atoms. The molecule has 0 aliphatic heterocycles. The van der Waals surface area contributed by atoms with E-state index < -0.39 is 5.97 Å². The molecule has 5 heteroatoms. The van der Waals surface area contributed by atoms with Crippen molar-refractivity contribution in [3.63, 3.8) is 0 Å². The van der Waals surface area contributed by atoms with Gasteiger partial charge in [-0.1, -0.05) is 30.3 Å². The number of benzene rings is 1. The fourth-order valence-electron chi connectivity index (χ4n) is 1.25. The SMILES string of the molecule is O=C(O)c1cncc(OCc2ccccc2)n1. The Morgan fingerprint density at radius 3 is 2.71 bits per heavy atom. The number of hydrogen-bond acceptors (Lipinski definition) is 4. The van der Waals surface area contributed by atoms with Crippen molar-refractivity contribution in [2.45, 2.75) is 6.61 Å². The highest BCUT2D eigenvalue weighted by Crippen LogP contribution is 2.08. The smallest absolute Gasteiger partial charge is 0.356 e. The summed E-state index contributed by atoms with van der Waals surface area (Å²) >= 11 is 0. The third-order valence-electron chi connectivity index (χ3n) is 2.06. The number of rotatable bonds is 4. The fourth-order valence-corrected chi connectivity index (χ4v) is 1.25. The number of ether oxygens (including phenoxy) is 1. The van der Waals surface area contributed by atoms with Gasteiger partial charge in [-0.2, -0.15) is 0 Å². The van der Waals surface area contributed by atoms with Crippen molar-refractivity contribution in [3.05, 3.63) is 54.0 Å². The van der Waals surface area contributed by atoms with E-state index in [0.29, 0.717) is 6.61 Å². The van der Waals surface area contributed by atoms with Crippen LogP contribution in [0.25, 0.3) is 0 Å². The molecule has 1 heterocycles. The van der Waals surface area contributed by atoms with E-state index in [-0.39, 0.29) is 11.6 Å². The average molecular weight is 230 g/mol. The summed E-state index contributed by atoms with van der Waals surface area (Å²) in [7, 11) is 0. The monoisotopic (exact) mass is 230 g/mol. The van der Waals surface area contributed by atoms with Crippen molar-refractivity contribution in [1.82, 2.24) is 9.97 Å². The van der Waals surface area contributed by atoms with Crippen molar-refractivity contribution < 1.29 is 14.6 Å². The summed E-state index contributed by atoms with van der Waals surface area (Å²) < 4.78 is 5.35. The van der Waals surface area contributed by atoms with Gasteiger partial charge < -0.3 is 9.84 Å². The lowest BCUT2D eigenvalue weighted by atomic mass is 10.2. The van der Waals surface area contributed by atoms with E-state index in [4.69, 9.17) is 9.84 Å². The van der Waals surface area contributed by atoms with Gasteiger partial charge in [-0.05, 0) is 5.56 Å². The summed E-state index contributed by atoms with van der Waals surface area (Å²) in [5, 5.41) is 8.74. The molecule has 0 radical (unpaired) electrons. The van der Waals surface area contributed by atoms with Crippen LogP contribution in [0.4, 0.5) is 0 Å². The molecule has 1 aromatic carbocycles. The minimum Gasteiger partial charge on any atom is -0.476 e. The molecular weight excluding hydrogens is 220 g/mol. The van der Waals surface area contributed by atoms with Gasteiger partial charge in [0.1, 0.15) is 6.61 Å². The number of aromatic carboxylic acids is 1. The van der Waals surface area contributed by atoms with Crippen LogP contribution >= 0.6 is 0 Å². The highest BCUT2D eigenvalue weighted by Gasteiger charge is 2.06. The second kappa shape index (κ2) is 5.07. The summed E-state index contributed by atoms with van der Waals surface area (Å²) in [5.41, 5.74) is 0.852. The number of aromatic nitrogens is 2. The molecule has 0 aliphatic rings. The Hall–Kier alpha value is -2.43. The van der Waals surface area contributed by atoms with Crippen LogP contribution in [-0.2, 0) is 6.61 Å². The Morgan fingerprint density at radius 1 is 1.24 bits per heavy atom. The first-order valence-corrected chi connectivity index (χ1v) is 4.98. The van der Waals surface area contributed by atoms with Crippen molar-refractivity contribution in [2.24, 2.45) is 0 Å². The lowest BCUT2D eigenvalue weighted by Crippen LogP contribution is -2.04. The van der Waals surface area contributed by atoms with Crippen LogP contribution in [0.15, 0.2) is 42.7 Å². The third kappa shape index (κ3) is 3.01. The van der Waals surface area contributed by atoms with Gasteiger partial charge in [0, 0.05) is 0 Å². The molecule has 2 aromatic rings. The van der Waals surface area contributed by atoms with E-state index in [1.165, 1.54) is 12.4 Å². The zero-order valence-corrected chi connectivity index (χ0v) is 8.91. The first-order chi connectivity index (χ1) is 8.25. The number of carbonyl (C=O) groups is 1. The van der Waals surface area contributed by atoms with E-state index in [1.54, 1.807) is 0 Å². The van der Waals surface area contributed by atoms with Crippen molar-refractivity contribution in [1.29, 1.82) is 0 Å². The van der Waals surface area contributed by atoms with Gasteiger partial charge in [0.25, 0.3) is 0 Å². The first-order valence-electron chi connectivity index (χ1n) is 4.98. The second-order valence-electron chi connectivity index (χ2n) is 3.32. The van der Waals surface area contributed by atoms with E-state index in [0.717, 1.165) is 5.56 Å². The Labute approximate surface area is 97.7 Å². The molecule has 0 amide bonds. The van der Waals surface area contributed by atoms with Crippen LogP contribution in [-0.4, -0.2) is 21.0 Å². The number of nitrogens with zero attached hydrogens (tertiary/aromatic N) is 2. The summed E-state index contributed by atoms with van der Waals surface area (Å²) in [6, 6.07) is 9.54. The van der Waals surface area contributed by atoms with Crippen LogP contribution in [0.3, 0.4) is 0 Å². The van der Waals surface area contributed by atoms with E-state index in [2.05, 4.69) is 9.97 Å². The van der Waals surface area contributed by atoms with Gasteiger partial charge in [-0.25, -0.2) is 9.78 Å². The molecule has 2 rings (SSSR count). The molecule has 1 aromatic heterocycles. The molecule has 0 bridgehead atoms. The molecule has 1 N–H and O–H groups in total. The molecule has 0 aliphatic carbocycles. The minimum atomic E-state index is -1.12. The van der Waals surface area contributed by atoms with Crippen LogP contribution in [0.5, 0.6) is 5.88 Å². The highest BCUT2D eigenvalue weighted by molar-refractivity contribution is 5.84. The van der Waals surface area contributed by atoms with Gasteiger partial charge in [-0.15, -0.1) is 0 Å². The molecule has 0 saturated heterocycles. The Morgan fingerprint density at radius 2 is 2.00 bits per heavy atom. The standard InChI is InChI=1S/C12H10N2O3/c15-12(16)10-6-13-7-11(14-10)17-8-9-4-2-1-3-5-9/h1-7H,8H2,(H,15,16). The summed E-state index contributed by atoms with van der Waals surface area (Å²) in [4.78, 5) is 18.2. The third-order valence-corrected chi connectivity index (χ3v) is 2.06. The largest absolute Gasteiger partial charge is 0.476 e. The first kappa shape index (κ1) is 11.1. The Bertz CT molecular complexity index is 514. The molecule has 0 spiro atoms. The Kier molecular flexibility index (Phi) is 3.30. The molecule has 0 fully saturated rings. The molecular formula is C12H10N2O3. The quantitative estimate of drug-likeness (QED) is 0.866. The minimum absolute atomic E-state index is 0.129. The summed E-state index contributed by atoms with van der Waals surface area (Å²) in [6.07, 6.45) is 2.56. The van der Waals surface area contributed by atoms with Crippen LogP contribution in [0.1, 0.15) is 16.1 Å². The lowest BCUT2D eigenvalue weighted by Gasteiger charge is -2.04. The summed E-state index contributed by atoms with van der Waals surface area (Å²) in [5.74, 6) is -0.920. The van der Waals surface area contributed by atoms with Crippen molar-refractivity contribution >= 4 is 5.97 Å². The van der Waals surface area contributed by atoms with Gasteiger partial charge in [-0.3, -0.25) is 4.98 Å². The second-order valence-corrected chi connectivity index (χ2v) is 3.32. The van der Waals surface area contributed by atoms with Gasteiger partial charge in [0.2, 0.25) is 5.88 Å². The van der Waals surface area contributed by atoms with E-state index >= 15 is 0 Å². The predicted octanol–water partition coefficient (Wildman–Crippen LogP) is 1.75. The van der Waals surface area contributed by atoms with E-state index in [1.807, 2.05) is 30.3 Å². The van der Waals surface area contributed by atoms with Crippen LogP contribution in [0.2, 0.25) is 0 Å². The topological polar surface area (TPSA) is 72.3 Å². The normalized spacial score (nSPS) is 9.88. The zero-order chi connectivity index (χ0) is 12.1. The molecule has 0 unspecified atom stereocenters. The zero-order valence-electron chi connectivity index (χ0n) is 8.91. The van der Waals surface area contributed by atoms with Crippen LogP contribution < -0.4 is 4.74 Å². The summed E-state index contributed by atoms with van der Waals surface area (Å²) in [6.45, 7) is 0.332. The maximum absolute atomic E-state index is 10.7. The van der Waals surface area contributed by atoms with Crippen LogP contribution in [0, 0.1) is 0 Å². The molecule has 5 nitrogen and oxygen atoms in total. The van der Waals surface area contributed by atoms with Gasteiger partial charge in [0.05, 0.1) is 12.4 Å². The number of carboxylic acids is 1. The molecule has 86 valence electrons. The highest BCUT2D eigenvalue weighted by atomic mass is 16.5. The molecule has 0 saturated carbocycles. The average Bonchev–Trinajstić information content (AvgIpc) is 2.38. The van der Waals surface area contributed by atoms with Gasteiger partial charge >= 0.3 is 5.97 Å².